The van der Waals surface area contributed by atoms with E-state index in [-0.39, 0.29) is 5.91 Å². The third-order valence-corrected chi connectivity index (χ3v) is 6.51. The Kier molecular flexibility index (Phi) is 7.29. The molecule has 0 spiro atoms. The Morgan fingerprint density at radius 3 is 2.19 bits per heavy atom. The lowest BCUT2D eigenvalue weighted by Crippen LogP contribution is -2.52. The van der Waals surface area contributed by atoms with E-state index in [0.717, 1.165) is 44.0 Å². The summed E-state index contributed by atoms with van der Waals surface area (Å²) in [6.45, 7) is 4.58. The van der Waals surface area contributed by atoms with Gasteiger partial charge in [-0.25, -0.2) is 4.79 Å². The molecule has 2 saturated heterocycles. The van der Waals surface area contributed by atoms with E-state index in [1.165, 1.54) is 0 Å². The van der Waals surface area contributed by atoms with Gasteiger partial charge in [0.2, 0.25) is 0 Å². The third kappa shape index (κ3) is 5.06. The average molecular weight is 458 g/mol. The van der Waals surface area contributed by atoms with Crippen LogP contribution in [0.3, 0.4) is 0 Å². The van der Waals surface area contributed by atoms with Gasteiger partial charge in [0, 0.05) is 42.9 Å². The molecular weight excluding hydrogens is 430 g/mol. The Morgan fingerprint density at radius 1 is 0.969 bits per heavy atom. The van der Waals surface area contributed by atoms with Crippen LogP contribution in [0.4, 0.5) is 10.5 Å². The maximum absolute atomic E-state index is 13.7. The molecule has 2 amide bonds. The van der Waals surface area contributed by atoms with Crippen LogP contribution in [0.2, 0.25) is 5.02 Å². The Morgan fingerprint density at radius 2 is 1.59 bits per heavy atom. The van der Waals surface area contributed by atoms with Gasteiger partial charge in [0.1, 0.15) is 6.04 Å². The number of rotatable bonds is 5. The zero-order valence-electron chi connectivity index (χ0n) is 17.9. The zero-order valence-corrected chi connectivity index (χ0v) is 18.7. The van der Waals surface area contributed by atoms with Crippen molar-refractivity contribution in [3.63, 3.8) is 0 Å². The summed E-state index contributed by atoms with van der Waals surface area (Å²) >= 11 is 6.00. The van der Waals surface area contributed by atoms with Gasteiger partial charge in [-0.15, -0.1) is 0 Å². The molecule has 170 valence electrons. The van der Waals surface area contributed by atoms with Gasteiger partial charge < -0.3 is 14.7 Å². The van der Waals surface area contributed by atoms with Gasteiger partial charge in [0.15, 0.2) is 0 Å². The number of carbonyl (C=O) groups excluding carboxylic acids is 1. The fourth-order valence-corrected chi connectivity index (χ4v) is 4.70. The van der Waals surface area contributed by atoms with Crippen molar-refractivity contribution in [3.8, 4) is 0 Å². The van der Waals surface area contributed by atoms with Crippen molar-refractivity contribution in [3.05, 3.63) is 65.2 Å². The molecule has 0 aromatic heterocycles. The van der Waals surface area contributed by atoms with Crippen molar-refractivity contribution in [1.29, 1.82) is 0 Å². The number of amides is 2. The highest BCUT2D eigenvalue weighted by molar-refractivity contribution is 6.30. The highest BCUT2D eigenvalue weighted by Gasteiger charge is 2.37. The zero-order chi connectivity index (χ0) is 22.5. The number of piperidine rings is 1. The smallest absolute Gasteiger partial charge is 0.412 e. The summed E-state index contributed by atoms with van der Waals surface area (Å²) in [4.78, 5) is 31.5. The molecule has 0 bridgehead atoms. The Bertz CT molecular complexity index is 911. The second-order valence-corrected chi connectivity index (χ2v) is 8.58. The van der Waals surface area contributed by atoms with Crippen LogP contribution in [0.15, 0.2) is 54.6 Å². The molecule has 2 aromatic carbocycles. The van der Waals surface area contributed by atoms with E-state index in [0.29, 0.717) is 35.4 Å². The number of ether oxygens (including phenoxy) is 1. The van der Waals surface area contributed by atoms with E-state index >= 15 is 0 Å². The van der Waals surface area contributed by atoms with Gasteiger partial charge in [0.05, 0.1) is 13.2 Å². The van der Waals surface area contributed by atoms with Crippen LogP contribution in [0.5, 0.6) is 0 Å². The minimum Gasteiger partial charge on any atom is -0.465 e. The van der Waals surface area contributed by atoms with Crippen molar-refractivity contribution >= 4 is 29.3 Å². The molecule has 0 saturated carbocycles. The minimum atomic E-state index is -1.18. The molecule has 0 aliphatic carbocycles. The molecule has 2 aromatic rings. The maximum Gasteiger partial charge on any atom is 0.412 e. The first kappa shape index (κ1) is 22.6. The number of anilines is 1. The Labute approximate surface area is 193 Å². The molecule has 1 unspecified atom stereocenters. The lowest BCUT2D eigenvalue weighted by atomic mass is 9.99. The first-order valence-electron chi connectivity index (χ1n) is 11.0. The number of hydrogen-bond donors (Lipinski definition) is 1. The summed E-state index contributed by atoms with van der Waals surface area (Å²) in [5.41, 5.74) is 1.05. The summed E-state index contributed by atoms with van der Waals surface area (Å²) in [6, 6.07) is 15.1. The number of hydrogen-bond acceptors (Lipinski definition) is 4. The van der Waals surface area contributed by atoms with Crippen molar-refractivity contribution in [1.82, 2.24) is 9.80 Å². The first-order valence-corrected chi connectivity index (χ1v) is 11.4. The summed E-state index contributed by atoms with van der Waals surface area (Å²) in [5.74, 6) is -0.200. The minimum absolute atomic E-state index is 0.200. The van der Waals surface area contributed by atoms with E-state index in [9.17, 15) is 14.7 Å². The van der Waals surface area contributed by atoms with E-state index in [1.807, 2.05) is 18.2 Å². The van der Waals surface area contributed by atoms with Crippen LogP contribution in [0.25, 0.3) is 0 Å². The van der Waals surface area contributed by atoms with Crippen LogP contribution in [0.1, 0.15) is 24.4 Å². The lowest BCUT2D eigenvalue weighted by Gasteiger charge is -2.41. The molecule has 2 fully saturated rings. The van der Waals surface area contributed by atoms with Crippen LogP contribution in [0, 0.1) is 0 Å². The predicted octanol–water partition coefficient (Wildman–Crippen LogP) is 3.89. The number of carbonyl (C=O) groups is 2. The molecule has 8 heteroatoms. The van der Waals surface area contributed by atoms with Crippen LogP contribution in [-0.4, -0.2) is 72.3 Å². The highest BCUT2D eigenvalue weighted by Crippen LogP contribution is 2.31. The highest BCUT2D eigenvalue weighted by atomic mass is 35.5. The predicted molar refractivity (Wildman–Crippen MR) is 123 cm³/mol. The fourth-order valence-electron chi connectivity index (χ4n) is 4.58. The van der Waals surface area contributed by atoms with E-state index in [2.05, 4.69) is 4.90 Å². The molecule has 2 aliphatic rings. The molecule has 1 N–H and O–H groups in total. The standard InChI is InChI=1S/C24H28ClN3O4/c25-19-6-8-21(9-7-19)28(24(30)31)22(18-4-2-1-3-5-18)23(29)27-12-10-20(11-13-27)26-14-16-32-17-15-26/h1-9,20,22H,10-17H2,(H,30,31). The van der Waals surface area contributed by atoms with Crippen LogP contribution in [-0.2, 0) is 9.53 Å². The second kappa shape index (κ2) is 10.3. The lowest BCUT2D eigenvalue weighted by molar-refractivity contribution is -0.134. The van der Waals surface area contributed by atoms with Crippen molar-refractivity contribution in [2.24, 2.45) is 0 Å². The molecule has 2 heterocycles. The normalized spacial score (nSPS) is 18.8. The summed E-state index contributed by atoms with van der Waals surface area (Å²) < 4.78 is 5.45. The van der Waals surface area contributed by atoms with Gasteiger partial charge in [-0.2, -0.15) is 0 Å². The topological polar surface area (TPSA) is 73.3 Å². The maximum atomic E-state index is 13.7. The van der Waals surface area contributed by atoms with E-state index in [1.54, 1.807) is 41.3 Å². The largest absolute Gasteiger partial charge is 0.465 e. The number of halogens is 1. The van der Waals surface area contributed by atoms with Crippen LogP contribution >= 0.6 is 11.6 Å². The van der Waals surface area contributed by atoms with Gasteiger partial charge in [-0.1, -0.05) is 41.9 Å². The first-order chi connectivity index (χ1) is 15.5. The van der Waals surface area contributed by atoms with E-state index < -0.39 is 12.1 Å². The molecule has 2 aliphatic heterocycles. The molecule has 7 nitrogen and oxygen atoms in total. The van der Waals surface area contributed by atoms with E-state index in [4.69, 9.17) is 16.3 Å². The summed E-state index contributed by atoms with van der Waals surface area (Å²) in [5, 5.41) is 10.6. The molecule has 4 rings (SSSR count). The molecule has 32 heavy (non-hydrogen) atoms. The average Bonchev–Trinajstić information content (AvgIpc) is 2.84. The molecular formula is C24H28ClN3O4. The number of likely N-dealkylation sites (tertiary alicyclic amines) is 1. The number of morpholine rings is 1. The second-order valence-electron chi connectivity index (χ2n) is 8.15. The van der Waals surface area contributed by atoms with Gasteiger partial charge in [-0.3, -0.25) is 14.6 Å². The fraction of sp³-hybridized carbons (Fsp3) is 0.417. The number of benzene rings is 2. The van der Waals surface area contributed by atoms with Gasteiger partial charge >= 0.3 is 6.09 Å². The summed E-state index contributed by atoms with van der Waals surface area (Å²) in [7, 11) is 0. The number of carboxylic acid groups (broad SMARTS) is 1. The van der Waals surface area contributed by atoms with Crippen molar-refractivity contribution < 1.29 is 19.4 Å². The Balaban J connectivity index is 1.57. The van der Waals surface area contributed by atoms with Crippen molar-refractivity contribution in [2.75, 3.05) is 44.3 Å². The Hall–Kier alpha value is -2.61. The van der Waals surface area contributed by atoms with Crippen LogP contribution < -0.4 is 4.90 Å². The monoisotopic (exact) mass is 457 g/mol. The SMILES string of the molecule is O=C(C(c1ccccc1)N(C(=O)O)c1ccc(Cl)cc1)N1CCC(N2CCOCC2)CC1. The third-order valence-electron chi connectivity index (χ3n) is 6.26. The molecule has 1 atom stereocenters. The molecule has 0 radical (unpaired) electrons. The van der Waals surface area contributed by atoms with Crippen molar-refractivity contribution in [2.45, 2.75) is 24.9 Å². The van der Waals surface area contributed by atoms with Gasteiger partial charge in [0.25, 0.3) is 5.91 Å². The number of nitrogens with zero attached hydrogens (tertiary/aromatic N) is 3. The van der Waals surface area contributed by atoms with Gasteiger partial charge in [-0.05, 0) is 42.7 Å². The summed E-state index contributed by atoms with van der Waals surface area (Å²) in [6.07, 6.45) is 0.570. The quantitative estimate of drug-likeness (QED) is 0.737.